The number of halogens is 2. The molecule has 0 bridgehead atoms. The average molecular weight is 430 g/mol. The molecule has 2 aromatic rings. The maximum Gasteiger partial charge on any atom is 0.243 e. The molecule has 0 aliphatic carbocycles. The largest absolute Gasteiger partial charge is 0.346 e. The second-order valence-corrected chi connectivity index (χ2v) is 8.98. The van der Waals surface area contributed by atoms with Crippen molar-refractivity contribution in [2.45, 2.75) is 4.90 Å². The molecule has 0 spiro atoms. The number of sulfonamides is 1. The van der Waals surface area contributed by atoms with E-state index in [1.54, 1.807) is 24.3 Å². The molecule has 1 fully saturated rings. The van der Waals surface area contributed by atoms with Crippen LogP contribution in [0.3, 0.4) is 0 Å². The first kappa shape index (κ1) is 19.4. The van der Waals surface area contributed by atoms with Gasteiger partial charge >= 0.3 is 0 Å². The van der Waals surface area contributed by atoms with Crippen molar-refractivity contribution in [1.82, 2.24) is 9.21 Å². The van der Waals surface area contributed by atoms with Gasteiger partial charge in [-0.2, -0.15) is 4.31 Å². The van der Waals surface area contributed by atoms with Crippen LogP contribution in [-0.4, -0.2) is 48.9 Å². The summed E-state index contributed by atoms with van der Waals surface area (Å²) in [5.74, 6) is 0. The lowest BCUT2D eigenvalue weighted by molar-refractivity contribution is 0.268. The summed E-state index contributed by atoms with van der Waals surface area (Å²) >= 11 is 17.1. The molecule has 1 aliphatic heterocycles. The van der Waals surface area contributed by atoms with Crippen LogP contribution in [0.4, 0.5) is 5.69 Å². The van der Waals surface area contributed by atoms with Crippen molar-refractivity contribution in [3.8, 4) is 0 Å². The van der Waals surface area contributed by atoms with Crippen molar-refractivity contribution < 1.29 is 8.42 Å². The molecule has 0 saturated carbocycles. The molecule has 1 aliphatic rings. The smallest absolute Gasteiger partial charge is 0.243 e. The summed E-state index contributed by atoms with van der Waals surface area (Å²) in [4.78, 5) is 2.20. The highest BCUT2D eigenvalue weighted by molar-refractivity contribution is 7.89. The van der Waals surface area contributed by atoms with Crippen molar-refractivity contribution in [1.29, 1.82) is 0 Å². The Hall–Kier alpha value is -1.38. The number of nitrogens with one attached hydrogen (secondary N) is 1. The molecule has 0 atom stereocenters. The van der Waals surface area contributed by atoms with Crippen LogP contribution >= 0.6 is 35.4 Å². The van der Waals surface area contributed by atoms with Crippen LogP contribution < -0.4 is 5.32 Å². The van der Waals surface area contributed by atoms with Crippen LogP contribution in [0.5, 0.6) is 0 Å². The Morgan fingerprint density at radius 1 is 0.885 bits per heavy atom. The van der Waals surface area contributed by atoms with Gasteiger partial charge < -0.3 is 10.2 Å². The third-order valence-corrected chi connectivity index (χ3v) is 6.85. The van der Waals surface area contributed by atoms with Gasteiger partial charge in [0.15, 0.2) is 5.11 Å². The van der Waals surface area contributed by atoms with Crippen molar-refractivity contribution in [2.75, 3.05) is 31.5 Å². The highest BCUT2D eigenvalue weighted by Crippen LogP contribution is 2.20. The molecule has 138 valence electrons. The summed E-state index contributed by atoms with van der Waals surface area (Å²) in [6.07, 6.45) is 0. The molecule has 26 heavy (non-hydrogen) atoms. The van der Waals surface area contributed by atoms with E-state index >= 15 is 0 Å². The van der Waals surface area contributed by atoms with E-state index < -0.39 is 10.0 Å². The van der Waals surface area contributed by atoms with Crippen molar-refractivity contribution in [2.24, 2.45) is 0 Å². The number of nitrogens with zero attached hydrogens (tertiary/aromatic N) is 2. The Labute approximate surface area is 168 Å². The average Bonchev–Trinajstić information content (AvgIpc) is 2.64. The van der Waals surface area contributed by atoms with Crippen LogP contribution in [0, 0.1) is 0 Å². The molecular weight excluding hydrogens is 413 g/mol. The van der Waals surface area contributed by atoms with E-state index in [0.29, 0.717) is 41.3 Å². The van der Waals surface area contributed by atoms with Crippen molar-refractivity contribution in [3.63, 3.8) is 0 Å². The minimum atomic E-state index is -3.52. The minimum absolute atomic E-state index is 0.247. The summed E-state index contributed by atoms with van der Waals surface area (Å²) < 4.78 is 26.9. The van der Waals surface area contributed by atoms with Crippen LogP contribution in [0.25, 0.3) is 0 Å². The zero-order valence-corrected chi connectivity index (χ0v) is 16.9. The Kier molecular flexibility index (Phi) is 6.04. The fourth-order valence-electron chi connectivity index (χ4n) is 2.62. The normalized spacial score (nSPS) is 15.7. The predicted molar refractivity (Wildman–Crippen MR) is 109 cm³/mol. The highest BCUT2D eigenvalue weighted by atomic mass is 35.5. The first-order chi connectivity index (χ1) is 12.4. The quantitative estimate of drug-likeness (QED) is 0.753. The Morgan fingerprint density at radius 3 is 1.92 bits per heavy atom. The monoisotopic (exact) mass is 429 g/mol. The number of thiocarbonyl (C=S) groups is 1. The van der Waals surface area contributed by atoms with E-state index in [-0.39, 0.29) is 4.90 Å². The second kappa shape index (κ2) is 8.10. The minimum Gasteiger partial charge on any atom is -0.346 e. The van der Waals surface area contributed by atoms with Crippen LogP contribution in [0.15, 0.2) is 53.4 Å². The third kappa shape index (κ3) is 4.47. The first-order valence-corrected chi connectivity index (χ1v) is 10.5. The topological polar surface area (TPSA) is 52.7 Å². The Morgan fingerprint density at radius 2 is 1.38 bits per heavy atom. The molecule has 5 nitrogen and oxygen atoms in total. The van der Waals surface area contributed by atoms with Crippen LogP contribution in [-0.2, 0) is 10.0 Å². The zero-order valence-electron chi connectivity index (χ0n) is 13.7. The van der Waals surface area contributed by atoms with E-state index in [1.165, 1.54) is 16.4 Å². The molecule has 2 aromatic carbocycles. The van der Waals surface area contributed by atoms with Crippen molar-refractivity contribution in [3.05, 3.63) is 58.6 Å². The van der Waals surface area contributed by atoms with E-state index in [2.05, 4.69) is 5.32 Å². The molecule has 1 saturated heterocycles. The number of hydrogen-bond donors (Lipinski definition) is 1. The summed E-state index contributed by atoms with van der Waals surface area (Å²) in [5, 5.41) is 4.87. The maximum atomic E-state index is 12.7. The molecule has 9 heteroatoms. The van der Waals surface area contributed by atoms with E-state index in [9.17, 15) is 8.42 Å². The standard InChI is InChI=1S/C17H17Cl2N3O2S2/c18-13-1-5-15(6-2-13)20-17(25)21-9-11-22(12-10-21)26(23,24)16-7-3-14(19)4-8-16/h1-8H,9-12H2,(H,20,25). The number of benzene rings is 2. The van der Waals surface area contributed by atoms with Gasteiger partial charge in [-0.25, -0.2) is 8.42 Å². The van der Waals surface area contributed by atoms with Gasteiger partial charge in [0.1, 0.15) is 0 Å². The molecule has 0 unspecified atom stereocenters. The molecule has 0 amide bonds. The molecule has 0 radical (unpaired) electrons. The number of hydrogen-bond acceptors (Lipinski definition) is 3. The van der Waals surface area contributed by atoms with Crippen LogP contribution in [0.2, 0.25) is 10.0 Å². The zero-order chi connectivity index (χ0) is 18.7. The highest BCUT2D eigenvalue weighted by Gasteiger charge is 2.29. The van der Waals surface area contributed by atoms with E-state index in [4.69, 9.17) is 35.4 Å². The Bertz CT molecular complexity index is 879. The Balaban J connectivity index is 1.60. The maximum absolute atomic E-state index is 12.7. The lowest BCUT2D eigenvalue weighted by Gasteiger charge is -2.35. The van der Waals surface area contributed by atoms with Gasteiger partial charge in [0.2, 0.25) is 10.0 Å². The van der Waals surface area contributed by atoms with Gasteiger partial charge in [-0.1, -0.05) is 23.2 Å². The van der Waals surface area contributed by atoms with Gasteiger partial charge in [0, 0.05) is 41.9 Å². The summed E-state index contributed by atoms with van der Waals surface area (Å²) in [5.41, 5.74) is 0.843. The molecule has 0 aromatic heterocycles. The predicted octanol–water partition coefficient (Wildman–Crippen LogP) is 3.70. The SMILES string of the molecule is O=S(=O)(c1ccc(Cl)cc1)N1CCN(C(=S)Nc2ccc(Cl)cc2)CC1. The lowest BCUT2D eigenvalue weighted by Crippen LogP contribution is -2.51. The fourth-order valence-corrected chi connectivity index (χ4v) is 4.60. The molecule has 3 rings (SSSR count). The summed E-state index contributed by atoms with van der Waals surface area (Å²) in [6, 6.07) is 13.5. The van der Waals surface area contributed by atoms with Crippen molar-refractivity contribution >= 4 is 56.2 Å². The van der Waals surface area contributed by atoms with E-state index in [0.717, 1.165) is 5.69 Å². The first-order valence-electron chi connectivity index (χ1n) is 7.93. The summed E-state index contributed by atoms with van der Waals surface area (Å²) in [6.45, 7) is 1.78. The lowest BCUT2D eigenvalue weighted by atomic mass is 10.3. The van der Waals surface area contributed by atoms with Gasteiger partial charge in [-0.3, -0.25) is 0 Å². The van der Waals surface area contributed by atoms with Gasteiger partial charge in [0.25, 0.3) is 0 Å². The van der Waals surface area contributed by atoms with Crippen LogP contribution in [0.1, 0.15) is 0 Å². The molecular formula is C17H17Cl2N3O2S2. The molecule has 1 N–H and O–H groups in total. The number of rotatable bonds is 3. The van der Waals surface area contributed by atoms with Gasteiger partial charge in [-0.15, -0.1) is 0 Å². The number of anilines is 1. The number of piperazine rings is 1. The molecule has 1 heterocycles. The van der Waals surface area contributed by atoms with E-state index in [1.807, 2.05) is 17.0 Å². The summed E-state index contributed by atoms with van der Waals surface area (Å²) in [7, 11) is -3.52. The van der Waals surface area contributed by atoms with Gasteiger partial charge in [-0.05, 0) is 60.7 Å². The fraction of sp³-hybridized carbons (Fsp3) is 0.235. The third-order valence-electron chi connectivity index (χ3n) is 4.07. The van der Waals surface area contributed by atoms with Gasteiger partial charge in [0.05, 0.1) is 4.90 Å². The second-order valence-electron chi connectivity index (χ2n) is 5.78.